The van der Waals surface area contributed by atoms with E-state index in [0.717, 1.165) is 12.1 Å². The minimum atomic E-state index is -3.15. The molecule has 0 saturated heterocycles. The lowest BCUT2D eigenvalue weighted by Crippen LogP contribution is -2.30. The van der Waals surface area contributed by atoms with Crippen LogP contribution in [-0.4, -0.2) is 27.8 Å². The average molecular weight is 219 g/mol. The van der Waals surface area contributed by atoms with Gasteiger partial charge in [-0.05, 0) is 6.07 Å². The molecular formula is C9H11F2NO3. The SMILES string of the molecule is NCC(F)(F)Cc1ccc(O)c(O)c1O. The Kier molecular flexibility index (Phi) is 2.99. The molecule has 0 amide bonds. The summed E-state index contributed by atoms with van der Waals surface area (Å²) in [6.45, 7) is -0.853. The van der Waals surface area contributed by atoms with Gasteiger partial charge in [-0.15, -0.1) is 0 Å². The number of halogens is 2. The summed E-state index contributed by atoms with van der Waals surface area (Å²) in [5, 5.41) is 27.3. The van der Waals surface area contributed by atoms with Crippen molar-refractivity contribution >= 4 is 0 Å². The number of nitrogens with two attached hydrogens (primary N) is 1. The first-order valence-electron chi connectivity index (χ1n) is 4.18. The first-order valence-corrected chi connectivity index (χ1v) is 4.18. The molecule has 0 spiro atoms. The van der Waals surface area contributed by atoms with Crippen molar-refractivity contribution in [3.05, 3.63) is 17.7 Å². The standard InChI is InChI=1S/C9H11F2NO3/c10-9(11,4-12)3-5-1-2-6(13)8(15)7(5)14/h1-2,13-15H,3-4,12H2. The number of aromatic hydroxyl groups is 3. The van der Waals surface area contributed by atoms with Gasteiger partial charge in [0.1, 0.15) is 0 Å². The summed E-state index contributed by atoms with van der Waals surface area (Å²) in [7, 11) is 0. The topological polar surface area (TPSA) is 86.7 Å². The highest BCUT2D eigenvalue weighted by molar-refractivity contribution is 5.53. The molecule has 0 radical (unpaired) electrons. The van der Waals surface area contributed by atoms with Gasteiger partial charge in [0.25, 0.3) is 5.92 Å². The maximum atomic E-state index is 12.9. The molecule has 0 aromatic heterocycles. The van der Waals surface area contributed by atoms with E-state index < -0.39 is 36.1 Å². The Morgan fingerprint density at radius 3 is 2.27 bits per heavy atom. The van der Waals surface area contributed by atoms with E-state index in [1.165, 1.54) is 0 Å². The van der Waals surface area contributed by atoms with E-state index in [4.69, 9.17) is 15.9 Å². The van der Waals surface area contributed by atoms with E-state index in [2.05, 4.69) is 0 Å². The number of hydrogen-bond donors (Lipinski definition) is 4. The highest BCUT2D eigenvalue weighted by atomic mass is 19.3. The van der Waals surface area contributed by atoms with Crippen LogP contribution < -0.4 is 5.73 Å². The fourth-order valence-corrected chi connectivity index (χ4v) is 1.10. The zero-order valence-electron chi connectivity index (χ0n) is 7.74. The van der Waals surface area contributed by atoms with E-state index in [0.29, 0.717) is 0 Å². The van der Waals surface area contributed by atoms with Crippen molar-refractivity contribution in [1.82, 2.24) is 0 Å². The maximum absolute atomic E-state index is 12.9. The van der Waals surface area contributed by atoms with Gasteiger partial charge in [0, 0.05) is 12.0 Å². The van der Waals surface area contributed by atoms with Crippen LogP contribution in [0.25, 0.3) is 0 Å². The molecule has 1 rings (SSSR count). The second-order valence-electron chi connectivity index (χ2n) is 3.18. The molecule has 0 saturated carbocycles. The van der Waals surface area contributed by atoms with Crippen molar-refractivity contribution in [2.24, 2.45) is 5.73 Å². The summed E-state index contributed by atoms with van der Waals surface area (Å²) in [4.78, 5) is 0. The quantitative estimate of drug-likeness (QED) is 0.570. The molecule has 6 heteroatoms. The normalized spacial score (nSPS) is 11.7. The predicted octanol–water partition coefficient (Wildman–Crippen LogP) is 0.940. The van der Waals surface area contributed by atoms with Gasteiger partial charge in [0.05, 0.1) is 6.54 Å². The molecule has 5 N–H and O–H groups in total. The molecule has 0 aliphatic rings. The van der Waals surface area contributed by atoms with Gasteiger partial charge >= 0.3 is 0 Å². The van der Waals surface area contributed by atoms with Gasteiger partial charge in [-0.25, -0.2) is 8.78 Å². The summed E-state index contributed by atoms with van der Waals surface area (Å²) >= 11 is 0. The van der Waals surface area contributed by atoms with E-state index in [9.17, 15) is 13.9 Å². The Bertz CT molecular complexity index is 369. The van der Waals surface area contributed by atoms with Crippen molar-refractivity contribution in [3.8, 4) is 17.2 Å². The van der Waals surface area contributed by atoms with Crippen LogP contribution in [0.4, 0.5) is 8.78 Å². The molecule has 0 heterocycles. The van der Waals surface area contributed by atoms with E-state index in [1.807, 2.05) is 0 Å². The molecule has 15 heavy (non-hydrogen) atoms. The van der Waals surface area contributed by atoms with Gasteiger partial charge in [-0.3, -0.25) is 0 Å². The van der Waals surface area contributed by atoms with Crippen LogP contribution in [0, 0.1) is 0 Å². The summed E-state index contributed by atoms with van der Waals surface area (Å²) in [6.07, 6.45) is -0.789. The first-order chi connectivity index (χ1) is 6.87. The summed E-state index contributed by atoms with van der Waals surface area (Å²) in [5.74, 6) is -5.27. The lowest BCUT2D eigenvalue weighted by molar-refractivity contribution is 0.0109. The van der Waals surface area contributed by atoms with E-state index in [-0.39, 0.29) is 5.56 Å². The molecule has 0 fully saturated rings. The molecule has 0 bridgehead atoms. The predicted molar refractivity (Wildman–Crippen MR) is 49.1 cm³/mol. The smallest absolute Gasteiger partial charge is 0.264 e. The van der Waals surface area contributed by atoms with Gasteiger partial charge < -0.3 is 21.1 Å². The van der Waals surface area contributed by atoms with Gasteiger partial charge in [0.15, 0.2) is 11.5 Å². The van der Waals surface area contributed by atoms with Crippen LogP contribution in [0.2, 0.25) is 0 Å². The van der Waals surface area contributed by atoms with Gasteiger partial charge in [-0.1, -0.05) is 6.07 Å². The Morgan fingerprint density at radius 2 is 1.73 bits per heavy atom. The van der Waals surface area contributed by atoms with Crippen LogP contribution >= 0.6 is 0 Å². The maximum Gasteiger partial charge on any atom is 0.264 e. The van der Waals surface area contributed by atoms with Crippen molar-refractivity contribution in [1.29, 1.82) is 0 Å². The third-order valence-electron chi connectivity index (χ3n) is 1.96. The van der Waals surface area contributed by atoms with Crippen LogP contribution in [-0.2, 0) is 6.42 Å². The Labute approximate surface area is 84.6 Å². The second kappa shape index (κ2) is 3.90. The number of alkyl halides is 2. The Balaban J connectivity index is 3.02. The van der Waals surface area contributed by atoms with Crippen LogP contribution in [0.1, 0.15) is 5.56 Å². The lowest BCUT2D eigenvalue weighted by Gasteiger charge is -2.15. The van der Waals surface area contributed by atoms with E-state index in [1.54, 1.807) is 0 Å². The van der Waals surface area contributed by atoms with Gasteiger partial charge in [0.2, 0.25) is 5.75 Å². The lowest BCUT2D eigenvalue weighted by atomic mass is 10.1. The fourth-order valence-electron chi connectivity index (χ4n) is 1.10. The third-order valence-corrected chi connectivity index (χ3v) is 1.96. The van der Waals surface area contributed by atoms with Crippen molar-refractivity contribution in [2.75, 3.05) is 6.54 Å². The van der Waals surface area contributed by atoms with Crippen LogP contribution in [0.15, 0.2) is 12.1 Å². The van der Waals surface area contributed by atoms with Crippen LogP contribution in [0.5, 0.6) is 17.2 Å². The molecular weight excluding hydrogens is 208 g/mol. The second-order valence-corrected chi connectivity index (χ2v) is 3.18. The highest BCUT2D eigenvalue weighted by Crippen LogP contribution is 2.38. The van der Waals surface area contributed by atoms with Crippen molar-refractivity contribution in [2.45, 2.75) is 12.3 Å². The number of benzene rings is 1. The monoisotopic (exact) mass is 219 g/mol. The summed E-state index contributed by atoms with van der Waals surface area (Å²) in [5.41, 5.74) is 4.66. The minimum absolute atomic E-state index is 0.166. The first kappa shape index (κ1) is 11.5. The number of hydrogen-bond acceptors (Lipinski definition) is 4. The number of phenols is 3. The van der Waals surface area contributed by atoms with Crippen LogP contribution in [0.3, 0.4) is 0 Å². The minimum Gasteiger partial charge on any atom is -0.504 e. The largest absolute Gasteiger partial charge is 0.504 e. The van der Waals surface area contributed by atoms with E-state index >= 15 is 0 Å². The number of phenolic OH excluding ortho intramolecular Hbond substituents is 3. The highest BCUT2D eigenvalue weighted by Gasteiger charge is 2.29. The summed E-state index contributed by atoms with van der Waals surface area (Å²) in [6, 6.07) is 2.13. The fraction of sp³-hybridized carbons (Fsp3) is 0.333. The number of rotatable bonds is 3. The summed E-state index contributed by atoms with van der Waals surface area (Å²) < 4.78 is 25.7. The zero-order chi connectivity index (χ0) is 11.6. The molecule has 84 valence electrons. The molecule has 0 aliphatic heterocycles. The molecule has 1 aromatic carbocycles. The molecule has 0 aliphatic carbocycles. The molecule has 0 unspecified atom stereocenters. The molecule has 0 atom stereocenters. The van der Waals surface area contributed by atoms with Crippen molar-refractivity contribution in [3.63, 3.8) is 0 Å². The molecule has 1 aromatic rings. The Morgan fingerprint density at radius 1 is 1.13 bits per heavy atom. The Hall–Kier alpha value is -1.56. The average Bonchev–Trinajstić information content (AvgIpc) is 2.19. The third kappa shape index (κ3) is 2.47. The van der Waals surface area contributed by atoms with Crippen molar-refractivity contribution < 1.29 is 24.1 Å². The molecule has 4 nitrogen and oxygen atoms in total. The zero-order valence-corrected chi connectivity index (χ0v) is 7.74. The van der Waals surface area contributed by atoms with Gasteiger partial charge in [-0.2, -0.15) is 0 Å².